The molecular weight excluding hydrogens is 287 g/mol. The van der Waals surface area contributed by atoms with Gasteiger partial charge in [-0.05, 0) is 29.6 Å². The molecule has 100 valence electrons. The van der Waals surface area contributed by atoms with Crippen molar-refractivity contribution in [2.75, 3.05) is 0 Å². The Morgan fingerprint density at radius 3 is 3.00 bits per heavy atom. The highest BCUT2D eigenvalue weighted by atomic mass is 35.5. The Balaban J connectivity index is 2.21. The van der Waals surface area contributed by atoms with Crippen molar-refractivity contribution < 1.29 is 9.18 Å². The second kappa shape index (κ2) is 6.21. The number of nitrogens with zero attached hydrogens (tertiary/aromatic N) is 2. The zero-order chi connectivity index (χ0) is 13.8. The lowest BCUT2D eigenvalue weighted by molar-refractivity contribution is 0.0994. The summed E-state index contributed by atoms with van der Waals surface area (Å²) in [6, 6.07) is 4.65. The van der Waals surface area contributed by atoms with Crippen molar-refractivity contribution in [1.82, 2.24) is 9.59 Å². The summed E-state index contributed by atoms with van der Waals surface area (Å²) in [5.74, 6) is -0.702. The molecular formula is C13H12ClFN2OS. The molecule has 0 radical (unpaired) electrons. The number of ketones is 1. The molecule has 6 heteroatoms. The minimum absolute atomic E-state index is 0.0209. The third-order valence-corrected chi connectivity index (χ3v) is 3.78. The fourth-order valence-corrected chi connectivity index (χ4v) is 2.60. The zero-order valence-corrected chi connectivity index (χ0v) is 11.9. The van der Waals surface area contributed by atoms with Gasteiger partial charge in [0, 0.05) is 6.42 Å². The lowest BCUT2D eigenvalue weighted by Gasteiger charge is -2.03. The van der Waals surface area contributed by atoms with Crippen LogP contribution in [0.15, 0.2) is 18.2 Å². The molecule has 3 nitrogen and oxygen atoms in total. The van der Waals surface area contributed by atoms with Crippen LogP contribution >= 0.6 is 23.1 Å². The van der Waals surface area contributed by atoms with Gasteiger partial charge in [-0.2, -0.15) is 0 Å². The molecule has 2 aromatic rings. The summed E-state index contributed by atoms with van der Waals surface area (Å²) in [6.07, 6.45) is 1.57. The van der Waals surface area contributed by atoms with Gasteiger partial charge >= 0.3 is 0 Å². The largest absolute Gasteiger partial charge is 0.293 e. The van der Waals surface area contributed by atoms with Gasteiger partial charge in [-0.1, -0.05) is 41.6 Å². The monoisotopic (exact) mass is 298 g/mol. The molecule has 0 aliphatic heterocycles. The number of carbonyl (C=O) groups is 1. The number of halogens is 2. The first-order chi connectivity index (χ1) is 9.13. The molecule has 1 aromatic heterocycles. The van der Waals surface area contributed by atoms with Gasteiger partial charge in [0.15, 0.2) is 5.78 Å². The molecule has 2 rings (SSSR count). The second-order valence-electron chi connectivity index (χ2n) is 4.11. The summed E-state index contributed by atoms with van der Waals surface area (Å²) in [4.78, 5) is 12.7. The Morgan fingerprint density at radius 1 is 1.47 bits per heavy atom. The SMILES string of the molecule is CCCc1nnsc1C(=O)Cc1cccc(Cl)c1F. The Kier molecular flexibility index (Phi) is 4.61. The van der Waals surface area contributed by atoms with Gasteiger partial charge in [-0.3, -0.25) is 4.79 Å². The van der Waals surface area contributed by atoms with Crippen LogP contribution in [0.2, 0.25) is 5.02 Å². The van der Waals surface area contributed by atoms with E-state index < -0.39 is 5.82 Å². The van der Waals surface area contributed by atoms with Gasteiger partial charge in [0.1, 0.15) is 10.7 Å². The van der Waals surface area contributed by atoms with Crippen LogP contribution in [0.3, 0.4) is 0 Å². The fraction of sp³-hybridized carbons (Fsp3) is 0.308. The maximum Gasteiger partial charge on any atom is 0.180 e. The predicted octanol–water partition coefficient (Wildman–Crippen LogP) is 3.71. The van der Waals surface area contributed by atoms with E-state index in [-0.39, 0.29) is 17.2 Å². The second-order valence-corrected chi connectivity index (χ2v) is 5.27. The third-order valence-electron chi connectivity index (χ3n) is 2.68. The molecule has 0 saturated carbocycles. The van der Waals surface area contributed by atoms with E-state index in [0.717, 1.165) is 18.0 Å². The topological polar surface area (TPSA) is 42.9 Å². The summed E-state index contributed by atoms with van der Waals surface area (Å²) in [5.41, 5.74) is 0.994. The molecule has 0 fully saturated rings. The number of aromatic nitrogens is 2. The van der Waals surface area contributed by atoms with E-state index in [9.17, 15) is 9.18 Å². The van der Waals surface area contributed by atoms with Crippen molar-refractivity contribution in [2.45, 2.75) is 26.2 Å². The molecule has 0 saturated heterocycles. The van der Waals surface area contributed by atoms with E-state index in [4.69, 9.17) is 11.6 Å². The van der Waals surface area contributed by atoms with Crippen molar-refractivity contribution in [1.29, 1.82) is 0 Å². The maximum atomic E-state index is 13.7. The molecule has 0 atom stereocenters. The highest BCUT2D eigenvalue weighted by Gasteiger charge is 2.18. The van der Waals surface area contributed by atoms with Crippen LogP contribution in [-0.2, 0) is 12.8 Å². The van der Waals surface area contributed by atoms with Crippen molar-refractivity contribution in [3.8, 4) is 0 Å². The van der Waals surface area contributed by atoms with Gasteiger partial charge in [0.05, 0.1) is 10.7 Å². The van der Waals surface area contributed by atoms with E-state index in [2.05, 4.69) is 9.59 Å². The summed E-state index contributed by atoms with van der Waals surface area (Å²) in [7, 11) is 0. The van der Waals surface area contributed by atoms with Crippen molar-refractivity contribution >= 4 is 28.9 Å². The molecule has 0 N–H and O–H groups in total. The molecule has 1 aromatic carbocycles. The fourth-order valence-electron chi connectivity index (χ4n) is 1.76. The van der Waals surface area contributed by atoms with E-state index in [0.29, 0.717) is 22.6 Å². The Bertz CT molecular complexity index is 600. The lowest BCUT2D eigenvalue weighted by atomic mass is 10.1. The summed E-state index contributed by atoms with van der Waals surface area (Å²) < 4.78 is 17.5. The predicted molar refractivity (Wildman–Crippen MR) is 73.3 cm³/mol. The van der Waals surface area contributed by atoms with Gasteiger partial charge in [-0.15, -0.1) is 5.10 Å². The van der Waals surface area contributed by atoms with E-state index >= 15 is 0 Å². The molecule has 0 aliphatic rings. The molecule has 0 unspecified atom stereocenters. The number of rotatable bonds is 5. The number of hydrogen-bond donors (Lipinski definition) is 0. The average molecular weight is 299 g/mol. The Morgan fingerprint density at radius 2 is 2.26 bits per heavy atom. The standard InChI is InChI=1S/C13H12ClFN2OS/c1-2-4-10-13(19-17-16-10)11(18)7-8-5-3-6-9(14)12(8)15/h3,5-6H,2,4,7H2,1H3. The lowest BCUT2D eigenvalue weighted by Crippen LogP contribution is -2.06. The van der Waals surface area contributed by atoms with Gasteiger partial charge in [0.25, 0.3) is 0 Å². The molecule has 19 heavy (non-hydrogen) atoms. The molecule has 0 bridgehead atoms. The molecule has 0 aliphatic carbocycles. The van der Waals surface area contributed by atoms with Crippen LogP contribution in [0.4, 0.5) is 4.39 Å². The third kappa shape index (κ3) is 3.16. The highest BCUT2D eigenvalue weighted by Crippen LogP contribution is 2.21. The molecule has 0 amide bonds. The van der Waals surface area contributed by atoms with Crippen LogP contribution in [0.1, 0.15) is 34.3 Å². The quantitative estimate of drug-likeness (QED) is 0.790. The van der Waals surface area contributed by atoms with Gasteiger partial charge in [-0.25, -0.2) is 4.39 Å². The average Bonchev–Trinajstić information content (AvgIpc) is 2.84. The number of carbonyl (C=O) groups excluding carboxylic acids is 1. The van der Waals surface area contributed by atoms with Crippen molar-refractivity contribution in [3.63, 3.8) is 0 Å². The van der Waals surface area contributed by atoms with Crippen molar-refractivity contribution in [2.24, 2.45) is 0 Å². The van der Waals surface area contributed by atoms with Gasteiger partial charge < -0.3 is 0 Å². The Labute approximate surface area is 119 Å². The van der Waals surface area contributed by atoms with E-state index in [1.165, 1.54) is 6.07 Å². The smallest absolute Gasteiger partial charge is 0.180 e. The van der Waals surface area contributed by atoms with E-state index in [1.807, 2.05) is 6.92 Å². The number of hydrogen-bond acceptors (Lipinski definition) is 4. The minimum Gasteiger partial charge on any atom is -0.293 e. The number of Topliss-reactive ketones (excluding diaryl/α,β-unsaturated/α-hetero) is 1. The Hall–Kier alpha value is -1.33. The highest BCUT2D eigenvalue weighted by molar-refractivity contribution is 7.08. The normalized spacial score (nSPS) is 10.7. The van der Waals surface area contributed by atoms with Crippen LogP contribution in [0.5, 0.6) is 0 Å². The van der Waals surface area contributed by atoms with Crippen LogP contribution in [0.25, 0.3) is 0 Å². The summed E-state index contributed by atoms with van der Waals surface area (Å²) in [6.45, 7) is 2.00. The van der Waals surface area contributed by atoms with Crippen LogP contribution < -0.4 is 0 Å². The summed E-state index contributed by atoms with van der Waals surface area (Å²) >= 11 is 6.76. The van der Waals surface area contributed by atoms with Crippen LogP contribution in [-0.4, -0.2) is 15.4 Å². The van der Waals surface area contributed by atoms with Crippen LogP contribution in [0, 0.1) is 5.82 Å². The number of aryl methyl sites for hydroxylation is 1. The molecule has 1 heterocycles. The molecule has 0 spiro atoms. The minimum atomic E-state index is -0.535. The van der Waals surface area contributed by atoms with Crippen molar-refractivity contribution in [3.05, 3.63) is 45.2 Å². The maximum absolute atomic E-state index is 13.7. The first kappa shape index (κ1) is 14.1. The van der Waals surface area contributed by atoms with E-state index in [1.54, 1.807) is 12.1 Å². The first-order valence-electron chi connectivity index (χ1n) is 5.90. The van der Waals surface area contributed by atoms with Gasteiger partial charge in [0.2, 0.25) is 0 Å². The zero-order valence-electron chi connectivity index (χ0n) is 10.3. The number of benzene rings is 1. The summed E-state index contributed by atoms with van der Waals surface area (Å²) in [5, 5.41) is 3.97. The first-order valence-corrected chi connectivity index (χ1v) is 7.06.